The number of hydrogen-bond acceptors (Lipinski definition) is 0. The van der Waals surface area contributed by atoms with Crippen LogP contribution in [0.2, 0.25) is 0 Å². The zero-order valence-corrected chi connectivity index (χ0v) is 18.6. The van der Waals surface area contributed by atoms with E-state index in [2.05, 4.69) is 122 Å². The van der Waals surface area contributed by atoms with Crippen molar-refractivity contribution >= 4 is 67.3 Å². The molecule has 8 bridgehead atoms. The lowest BCUT2D eigenvalue weighted by Crippen LogP contribution is -2.14. The van der Waals surface area contributed by atoms with E-state index in [1.165, 1.54) is 0 Å². The normalized spacial score (nSPS) is 13.8. The molecule has 0 radical (unpaired) electrons. The van der Waals surface area contributed by atoms with E-state index in [4.69, 9.17) is 0 Å². The topological polar surface area (TPSA) is 63.2 Å². The van der Waals surface area contributed by atoms with Crippen LogP contribution in [0.15, 0.2) is 48.5 Å². The molecule has 134 valence electrons. The van der Waals surface area contributed by atoms with Gasteiger partial charge in [-0.2, -0.15) is 0 Å². The Hall–Kier alpha value is -1.96. The van der Waals surface area contributed by atoms with Gasteiger partial charge in [-0.25, -0.2) is 0 Å². The van der Waals surface area contributed by atoms with Gasteiger partial charge in [-0.1, -0.05) is 0 Å². The maximum atomic E-state index is 3.72. The summed E-state index contributed by atoms with van der Waals surface area (Å²) in [5.74, 6) is 0. The highest BCUT2D eigenvalue weighted by atomic mass is 79.9. The van der Waals surface area contributed by atoms with Gasteiger partial charge in [0.05, 0.1) is 46.6 Å². The lowest BCUT2D eigenvalue weighted by molar-refractivity contribution is 1.22. The predicted octanol–water partition coefficient (Wildman–Crippen LogP) is 2.80. The van der Waals surface area contributed by atoms with Crippen LogP contribution in [0.4, 0.5) is 0 Å². The fraction of sp³-hybridized carbons (Fsp3) is 0. The number of aromatic nitrogens is 4. The van der Waals surface area contributed by atoms with Gasteiger partial charge < -0.3 is 19.9 Å². The molecular weight excluding hydrogens is 536 g/mol. The van der Waals surface area contributed by atoms with Crippen LogP contribution in [0.5, 0.6) is 0 Å². The first kappa shape index (κ1) is 17.2. The molecule has 4 aromatic heterocycles. The highest BCUT2D eigenvalue weighted by Gasteiger charge is 2.09. The molecule has 0 fully saturated rings. The van der Waals surface area contributed by atoms with Gasteiger partial charge in [-0.05, 0) is 102 Å². The maximum Gasteiger partial charge on any atom is 0.0645 e. The van der Waals surface area contributed by atoms with Gasteiger partial charge in [-0.3, -0.25) is 0 Å². The van der Waals surface area contributed by atoms with E-state index in [1.54, 1.807) is 0 Å². The van der Waals surface area contributed by atoms with E-state index in [0.29, 0.717) is 0 Å². The smallest absolute Gasteiger partial charge is 0.0645 e. The highest BCUT2D eigenvalue weighted by Crippen LogP contribution is 2.22. The molecule has 1 aliphatic heterocycles. The summed E-state index contributed by atoms with van der Waals surface area (Å²) in [6.07, 6.45) is 2.09. The minimum atomic E-state index is 0.973. The van der Waals surface area contributed by atoms with Crippen molar-refractivity contribution in [1.29, 1.82) is 0 Å². The minimum Gasteiger partial charge on any atom is -0.354 e. The first-order valence-corrected chi connectivity index (χ1v) is 10.7. The van der Waals surface area contributed by atoms with Gasteiger partial charge in [0.15, 0.2) is 0 Å². The van der Waals surface area contributed by atoms with Crippen LogP contribution in [-0.2, 0) is 0 Å². The Morgan fingerprint density at radius 2 is 1.00 bits per heavy atom. The second kappa shape index (κ2) is 6.58. The van der Waals surface area contributed by atoms with Crippen LogP contribution in [0.25, 0.3) is 19.5 Å². The molecular formula is C20H13Br3N4. The summed E-state index contributed by atoms with van der Waals surface area (Å²) in [7, 11) is 0. The minimum absolute atomic E-state index is 0.973. The van der Waals surface area contributed by atoms with Gasteiger partial charge in [0, 0.05) is 11.0 Å². The molecule has 0 unspecified atom stereocenters. The van der Waals surface area contributed by atoms with Gasteiger partial charge >= 0.3 is 0 Å². The van der Waals surface area contributed by atoms with E-state index in [1.807, 2.05) is 0 Å². The van der Waals surface area contributed by atoms with Crippen LogP contribution in [0.1, 0.15) is 22.8 Å². The van der Waals surface area contributed by atoms with Crippen molar-refractivity contribution in [2.75, 3.05) is 0 Å². The van der Waals surface area contributed by atoms with Gasteiger partial charge in [0.2, 0.25) is 0 Å². The van der Waals surface area contributed by atoms with Crippen LogP contribution >= 0.6 is 47.8 Å². The van der Waals surface area contributed by atoms with Crippen molar-refractivity contribution in [2.24, 2.45) is 0 Å². The largest absolute Gasteiger partial charge is 0.354 e. The third-order valence-electron chi connectivity index (χ3n) is 4.52. The lowest BCUT2D eigenvalue weighted by Gasteiger charge is -1.97. The van der Waals surface area contributed by atoms with Crippen molar-refractivity contribution in [3.63, 3.8) is 0 Å². The number of rotatable bonds is 0. The summed E-state index contributed by atoms with van der Waals surface area (Å²) in [6.45, 7) is 0. The zero-order chi connectivity index (χ0) is 18.5. The molecule has 1 aliphatic rings. The predicted molar refractivity (Wildman–Crippen MR) is 120 cm³/mol. The fourth-order valence-corrected chi connectivity index (χ4v) is 4.54. The molecule has 5 heterocycles. The van der Waals surface area contributed by atoms with Crippen molar-refractivity contribution < 1.29 is 0 Å². The Balaban J connectivity index is 1.88. The molecule has 0 amide bonds. The third-order valence-corrected chi connectivity index (χ3v) is 7.08. The molecule has 0 saturated carbocycles. The van der Waals surface area contributed by atoms with Gasteiger partial charge in [0.1, 0.15) is 0 Å². The summed E-state index contributed by atoms with van der Waals surface area (Å²) < 4.78 is 2.94. The zero-order valence-electron chi connectivity index (χ0n) is 13.8. The molecule has 0 saturated heterocycles. The third kappa shape index (κ3) is 3.03. The highest BCUT2D eigenvalue weighted by molar-refractivity contribution is 9.15. The van der Waals surface area contributed by atoms with Crippen molar-refractivity contribution in [3.8, 4) is 0 Å². The molecule has 5 rings (SSSR count). The second-order valence-corrected chi connectivity index (χ2v) is 8.69. The fourth-order valence-electron chi connectivity index (χ4n) is 3.15. The summed E-state index contributed by atoms with van der Waals surface area (Å²) in [5.41, 5.74) is 4.04. The molecule has 4 nitrogen and oxygen atoms in total. The van der Waals surface area contributed by atoms with E-state index in [-0.39, 0.29) is 0 Å². The number of aromatic amines is 4. The van der Waals surface area contributed by atoms with E-state index >= 15 is 0 Å². The Morgan fingerprint density at radius 1 is 0.481 bits per heavy atom. The molecule has 4 aromatic rings. The summed E-state index contributed by atoms with van der Waals surface area (Å²) >= 11 is 11.2. The average molecular weight is 549 g/mol. The maximum absolute atomic E-state index is 3.72. The Labute approximate surface area is 179 Å². The molecule has 0 atom stereocenters. The SMILES string of the molecule is BrC1=c2ccc([nH]2)=Cc2ccc([nH]2)C(Br)=c2ccc([nH]2)=C(Br)c2ccc1[nH]2. The number of H-pyrrole nitrogens is 4. The number of fused-ring (bicyclic) bond motifs is 8. The van der Waals surface area contributed by atoms with Crippen molar-refractivity contribution in [2.45, 2.75) is 0 Å². The molecule has 7 heteroatoms. The molecule has 0 spiro atoms. The summed E-state index contributed by atoms with van der Waals surface area (Å²) in [4.78, 5) is 13.8. The lowest BCUT2D eigenvalue weighted by atomic mass is 10.3. The second-order valence-electron chi connectivity index (χ2n) is 6.31. The summed E-state index contributed by atoms with van der Waals surface area (Å²) in [5, 5.41) is 4.04. The monoisotopic (exact) mass is 546 g/mol. The van der Waals surface area contributed by atoms with Crippen LogP contribution in [-0.4, -0.2) is 19.9 Å². The van der Waals surface area contributed by atoms with E-state index in [0.717, 1.165) is 57.6 Å². The first-order valence-electron chi connectivity index (χ1n) is 8.29. The quantitative estimate of drug-likeness (QED) is 0.261. The van der Waals surface area contributed by atoms with E-state index < -0.39 is 0 Å². The Kier molecular flexibility index (Phi) is 4.18. The number of halogens is 3. The van der Waals surface area contributed by atoms with Crippen LogP contribution in [0, 0.1) is 0 Å². The summed E-state index contributed by atoms with van der Waals surface area (Å²) in [6, 6.07) is 16.5. The standard InChI is InChI=1S/C20H13Br3N4/c21-18-12-3-1-10(24-12)9-11-2-4-13(25-11)19(22)15-6-8-17(27-15)20(23)16-7-5-14(18)26-16/h1-9,24-27H. The number of hydrogen-bond donors (Lipinski definition) is 4. The Bertz CT molecular complexity index is 1410. The van der Waals surface area contributed by atoms with E-state index in [9.17, 15) is 0 Å². The van der Waals surface area contributed by atoms with Gasteiger partial charge in [-0.15, -0.1) is 0 Å². The molecule has 0 aromatic carbocycles. The van der Waals surface area contributed by atoms with Crippen molar-refractivity contribution in [3.05, 3.63) is 92.7 Å². The van der Waals surface area contributed by atoms with Crippen molar-refractivity contribution in [1.82, 2.24) is 19.9 Å². The van der Waals surface area contributed by atoms with Crippen LogP contribution < -0.4 is 21.4 Å². The molecule has 27 heavy (non-hydrogen) atoms. The Morgan fingerprint density at radius 3 is 1.67 bits per heavy atom. The molecule has 0 aliphatic carbocycles. The van der Waals surface area contributed by atoms with Crippen LogP contribution in [0.3, 0.4) is 0 Å². The first-order chi connectivity index (χ1) is 13.1. The number of nitrogens with one attached hydrogen (secondary N) is 4. The average Bonchev–Trinajstić information content (AvgIpc) is 3.46. The van der Waals surface area contributed by atoms with Gasteiger partial charge in [0.25, 0.3) is 0 Å². The molecule has 4 N–H and O–H groups in total.